The molecule has 0 N–H and O–H groups in total. The number of hydrogen-bond donors (Lipinski definition) is 0. The van der Waals surface area contributed by atoms with Crippen LogP contribution in [0.15, 0.2) is 60.7 Å². The Hall–Kier alpha value is -2.82. The quantitative estimate of drug-likeness (QED) is 0.351. The Morgan fingerprint density at radius 3 is 2.31 bits per heavy atom. The second-order valence-electron chi connectivity index (χ2n) is 8.46. The Balaban J connectivity index is 1.50. The van der Waals surface area contributed by atoms with E-state index in [9.17, 15) is 17.6 Å². The van der Waals surface area contributed by atoms with Crippen LogP contribution in [-0.2, 0) is 19.3 Å². The number of alkyl halides is 3. The highest BCUT2D eigenvalue weighted by atomic mass is 19.4. The van der Waals surface area contributed by atoms with Crippen molar-refractivity contribution < 1.29 is 22.3 Å². The fourth-order valence-electron chi connectivity index (χ4n) is 4.46. The summed E-state index contributed by atoms with van der Waals surface area (Å²) in [4.78, 5) is 0. The SMILES string of the molecule is CCCCc1ccc(C2CCc3cc(-c4ccc(OC(F)(F)F)cc4)c(F)cc3C2)cc1. The minimum Gasteiger partial charge on any atom is -0.406 e. The number of unbranched alkanes of at least 4 members (excludes halogenated alkanes) is 1. The molecule has 1 unspecified atom stereocenters. The Labute approximate surface area is 186 Å². The van der Waals surface area contributed by atoms with Crippen molar-refractivity contribution in [2.75, 3.05) is 0 Å². The Kier molecular flexibility index (Phi) is 6.54. The van der Waals surface area contributed by atoms with Gasteiger partial charge in [0.25, 0.3) is 0 Å². The number of ether oxygens (including phenoxy) is 1. The fraction of sp³-hybridized carbons (Fsp3) is 0.333. The topological polar surface area (TPSA) is 9.23 Å². The summed E-state index contributed by atoms with van der Waals surface area (Å²) in [5.74, 6) is -0.307. The normalized spacial score (nSPS) is 16.0. The van der Waals surface area contributed by atoms with E-state index in [1.165, 1.54) is 48.2 Å². The van der Waals surface area contributed by atoms with Gasteiger partial charge in [-0.05, 0) is 90.1 Å². The molecular weight excluding hydrogens is 416 g/mol. The van der Waals surface area contributed by atoms with E-state index in [-0.39, 0.29) is 11.6 Å². The first-order valence-electron chi connectivity index (χ1n) is 11.1. The highest BCUT2D eigenvalue weighted by Crippen LogP contribution is 2.37. The van der Waals surface area contributed by atoms with E-state index >= 15 is 0 Å². The van der Waals surface area contributed by atoms with E-state index in [1.54, 1.807) is 6.07 Å². The standard InChI is InChI=1S/C27H26F4O/c1-2-3-4-18-5-7-19(8-6-18)21-9-10-22-16-25(26(28)17-23(22)15-21)20-11-13-24(14-12-20)32-27(29,30)31/h5-8,11-14,16-17,21H,2-4,9-10,15H2,1H3. The summed E-state index contributed by atoms with van der Waals surface area (Å²) in [6.45, 7) is 2.19. The van der Waals surface area contributed by atoms with Gasteiger partial charge < -0.3 is 4.74 Å². The van der Waals surface area contributed by atoms with Crippen LogP contribution in [0.3, 0.4) is 0 Å². The summed E-state index contributed by atoms with van der Waals surface area (Å²) in [5.41, 5.74) is 5.70. The second-order valence-corrected chi connectivity index (χ2v) is 8.46. The molecule has 1 aliphatic rings. The van der Waals surface area contributed by atoms with Crippen LogP contribution in [-0.4, -0.2) is 6.36 Å². The lowest BCUT2D eigenvalue weighted by Gasteiger charge is -2.26. The van der Waals surface area contributed by atoms with Crippen LogP contribution in [0.25, 0.3) is 11.1 Å². The summed E-state index contributed by atoms with van der Waals surface area (Å²) >= 11 is 0. The maximum absolute atomic E-state index is 14.9. The Morgan fingerprint density at radius 2 is 1.66 bits per heavy atom. The molecule has 3 aromatic carbocycles. The number of aryl methyl sites for hydroxylation is 2. The van der Waals surface area contributed by atoms with Crippen LogP contribution < -0.4 is 4.74 Å². The molecule has 0 spiro atoms. The van der Waals surface area contributed by atoms with Crippen molar-refractivity contribution in [2.24, 2.45) is 0 Å². The fourth-order valence-corrected chi connectivity index (χ4v) is 4.46. The predicted octanol–water partition coefficient (Wildman–Crippen LogP) is 8.01. The molecule has 0 aliphatic heterocycles. The molecule has 3 aromatic rings. The molecule has 0 radical (unpaired) electrons. The molecule has 5 heteroatoms. The van der Waals surface area contributed by atoms with Gasteiger partial charge in [-0.1, -0.05) is 49.7 Å². The molecule has 0 saturated heterocycles. The molecule has 0 saturated carbocycles. The van der Waals surface area contributed by atoms with E-state index < -0.39 is 6.36 Å². The van der Waals surface area contributed by atoms with Crippen LogP contribution in [0.5, 0.6) is 5.75 Å². The molecule has 32 heavy (non-hydrogen) atoms. The molecule has 0 bridgehead atoms. The summed E-state index contributed by atoms with van der Waals surface area (Å²) in [5, 5.41) is 0. The molecule has 1 aliphatic carbocycles. The monoisotopic (exact) mass is 442 g/mol. The Bertz CT molecular complexity index is 1050. The van der Waals surface area contributed by atoms with Crippen molar-refractivity contribution in [1.82, 2.24) is 0 Å². The van der Waals surface area contributed by atoms with Gasteiger partial charge in [-0.2, -0.15) is 0 Å². The zero-order valence-electron chi connectivity index (χ0n) is 18.0. The smallest absolute Gasteiger partial charge is 0.406 e. The van der Waals surface area contributed by atoms with Gasteiger partial charge in [0.15, 0.2) is 0 Å². The van der Waals surface area contributed by atoms with Gasteiger partial charge >= 0.3 is 6.36 Å². The summed E-state index contributed by atoms with van der Waals surface area (Å²) in [6.07, 6.45) is 1.35. The predicted molar refractivity (Wildman–Crippen MR) is 118 cm³/mol. The summed E-state index contributed by atoms with van der Waals surface area (Å²) < 4.78 is 55.9. The first kappa shape index (κ1) is 22.4. The van der Waals surface area contributed by atoms with Gasteiger partial charge in [-0.15, -0.1) is 13.2 Å². The van der Waals surface area contributed by atoms with Gasteiger partial charge in [-0.25, -0.2) is 4.39 Å². The molecule has 1 atom stereocenters. The van der Waals surface area contributed by atoms with E-state index in [0.29, 0.717) is 17.0 Å². The zero-order valence-corrected chi connectivity index (χ0v) is 18.0. The first-order valence-corrected chi connectivity index (χ1v) is 11.1. The number of rotatable bonds is 6. The van der Waals surface area contributed by atoms with E-state index in [2.05, 4.69) is 35.9 Å². The third-order valence-corrected chi connectivity index (χ3v) is 6.19. The summed E-state index contributed by atoms with van der Waals surface area (Å²) in [6, 6.07) is 17.6. The van der Waals surface area contributed by atoms with Crippen molar-refractivity contribution in [1.29, 1.82) is 0 Å². The number of halogens is 4. The van der Waals surface area contributed by atoms with Crippen molar-refractivity contribution in [2.45, 2.75) is 57.7 Å². The van der Waals surface area contributed by atoms with Crippen LogP contribution >= 0.6 is 0 Å². The second kappa shape index (κ2) is 9.35. The first-order chi connectivity index (χ1) is 15.3. The minimum absolute atomic E-state index is 0.317. The molecule has 168 valence electrons. The molecule has 0 aromatic heterocycles. The van der Waals surface area contributed by atoms with Crippen molar-refractivity contribution in [3.05, 3.63) is 88.7 Å². The average molecular weight is 442 g/mol. The molecule has 4 rings (SSSR count). The van der Waals surface area contributed by atoms with Gasteiger partial charge in [0.2, 0.25) is 0 Å². The lowest BCUT2D eigenvalue weighted by Crippen LogP contribution is -2.17. The third-order valence-electron chi connectivity index (χ3n) is 6.19. The highest BCUT2D eigenvalue weighted by Gasteiger charge is 2.31. The van der Waals surface area contributed by atoms with Gasteiger partial charge in [0, 0.05) is 5.56 Å². The van der Waals surface area contributed by atoms with Crippen molar-refractivity contribution >= 4 is 0 Å². The maximum atomic E-state index is 14.9. The largest absolute Gasteiger partial charge is 0.573 e. The third kappa shape index (κ3) is 5.32. The zero-order chi connectivity index (χ0) is 22.7. The van der Waals surface area contributed by atoms with Gasteiger partial charge in [-0.3, -0.25) is 0 Å². The molecule has 0 heterocycles. The molecule has 0 amide bonds. The van der Waals surface area contributed by atoms with E-state index in [0.717, 1.165) is 36.8 Å². The number of fused-ring (bicyclic) bond motifs is 1. The Morgan fingerprint density at radius 1 is 0.938 bits per heavy atom. The van der Waals surface area contributed by atoms with E-state index in [4.69, 9.17) is 0 Å². The lowest BCUT2D eigenvalue weighted by molar-refractivity contribution is -0.274. The van der Waals surface area contributed by atoms with Gasteiger partial charge in [0.05, 0.1) is 0 Å². The van der Waals surface area contributed by atoms with Crippen LogP contribution in [0.4, 0.5) is 17.6 Å². The van der Waals surface area contributed by atoms with Crippen molar-refractivity contribution in [3.8, 4) is 16.9 Å². The summed E-state index contributed by atoms with van der Waals surface area (Å²) in [7, 11) is 0. The van der Waals surface area contributed by atoms with Crippen LogP contribution in [0, 0.1) is 5.82 Å². The highest BCUT2D eigenvalue weighted by molar-refractivity contribution is 5.67. The number of hydrogen-bond acceptors (Lipinski definition) is 1. The van der Waals surface area contributed by atoms with Gasteiger partial charge in [0.1, 0.15) is 11.6 Å². The average Bonchev–Trinajstić information content (AvgIpc) is 2.77. The molecule has 1 nitrogen and oxygen atoms in total. The van der Waals surface area contributed by atoms with Crippen molar-refractivity contribution in [3.63, 3.8) is 0 Å². The number of benzene rings is 3. The van der Waals surface area contributed by atoms with Crippen LogP contribution in [0.2, 0.25) is 0 Å². The molecule has 0 fully saturated rings. The minimum atomic E-state index is -4.75. The van der Waals surface area contributed by atoms with E-state index in [1.807, 2.05) is 6.07 Å². The lowest BCUT2D eigenvalue weighted by atomic mass is 9.79. The maximum Gasteiger partial charge on any atom is 0.573 e. The van der Waals surface area contributed by atoms with Crippen LogP contribution in [0.1, 0.15) is 54.4 Å². The molecular formula is C27H26F4O.